The SMILES string of the molecule is CSc1ncc(C(C)=NCc2ccccc2)c(Nc2cccc(NC(=O)OC(C)(C)C)c2)n1. The maximum absolute atomic E-state index is 12.1. The monoisotopic (exact) mass is 463 g/mol. The van der Waals surface area contributed by atoms with E-state index in [4.69, 9.17) is 9.73 Å². The molecule has 1 heterocycles. The molecule has 8 heteroatoms. The van der Waals surface area contributed by atoms with Gasteiger partial charge in [-0.15, -0.1) is 0 Å². The summed E-state index contributed by atoms with van der Waals surface area (Å²) in [4.78, 5) is 25.9. The van der Waals surface area contributed by atoms with Crippen molar-refractivity contribution in [2.75, 3.05) is 16.9 Å². The summed E-state index contributed by atoms with van der Waals surface area (Å²) in [5, 5.41) is 6.77. The Hall–Kier alpha value is -3.39. The molecule has 0 spiro atoms. The second-order valence-corrected chi connectivity index (χ2v) is 9.11. The number of nitrogens with one attached hydrogen (secondary N) is 2. The minimum Gasteiger partial charge on any atom is -0.444 e. The second kappa shape index (κ2) is 11.0. The summed E-state index contributed by atoms with van der Waals surface area (Å²) in [6.45, 7) is 8.00. The summed E-state index contributed by atoms with van der Waals surface area (Å²) in [6.07, 6.45) is 3.21. The molecule has 2 N–H and O–H groups in total. The van der Waals surface area contributed by atoms with Gasteiger partial charge in [-0.3, -0.25) is 10.3 Å². The molecule has 0 saturated carbocycles. The highest BCUT2D eigenvalue weighted by Gasteiger charge is 2.16. The predicted molar refractivity (Wildman–Crippen MR) is 136 cm³/mol. The van der Waals surface area contributed by atoms with Crippen LogP contribution in [0.15, 0.2) is 70.9 Å². The molecule has 33 heavy (non-hydrogen) atoms. The molecule has 0 atom stereocenters. The minimum atomic E-state index is -0.569. The van der Waals surface area contributed by atoms with Crippen LogP contribution in [0.25, 0.3) is 0 Å². The largest absolute Gasteiger partial charge is 0.444 e. The lowest BCUT2D eigenvalue weighted by atomic mass is 10.2. The molecular weight excluding hydrogens is 434 g/mol. The van der Waals surface area contributed by atoms with Gasteiger partial charge in [-0.1, -0.05) is 48.2 Å². The van der Waals surface area contributed by atoms with Crippen molar-refractivity contribution in [3.63, 3.8) is 0 Å². The number of thioether (sulfide) groups is 1. The third-order valence-corrected chi connectivity index (χ3v) is 5.01. The molecule has 0 saturated heterocycles. The fourth-order valence-corrected chi connectivity index (χ4v) is 3.28. The molecular formula is C25H29N5O2S. The Kier molecular flexibility index (Phi) is 8.06. The van der Waals surface area contributed by atoms with Gasteiger partial charge in [0.15, 0.2) is 5.16 Å². The summed E-state index contributed by atoms with van der Waals surface area (Å²) >= 11 is 1.47. The molecule has 172 valence electrons. The minimum absolute atomic E-state index is 0.504. The van der Waals surface area contributed by atoms with Crippen LogP contribution in [0.4, 0.5) is 22.0 Å². The smallest absolute Gasteiger partial charge is 0.412 e. The zero-order valence-corrected chi connectivity index (χ0v) is 20.4. The number of aliphatic imine (C=N–C) groups is 1. The molecule has 0 aliphatic heterocycles. The Morgan fingerprint density at radius 1 is 1.09 bits per heavy atom. The first-order valence-electron chi connectivity index (χ1n) is 10.6. The van der Waals surface area contributed by atoms with Crippen LogP contribution < -0.4 is 10.6 Å². The zero-order valence-electron chi connectivity index (χ0n) is 19.5. The average molecular weight is 464 g/mol. The topological polar surface area (TPSA) is 88.5 Å². The van der Waals surface area contributed by atoms with Crippen molar-refractivity contribution >= 4 is 40.8 Å². The Morgan fingerprint density at radius 2 is 1.82 bits per heavy atom. The lowest BCUT2D eigenvalue weighted by molar-refractivity contribution is 0.0636. The van der Waals surface area contributed by atoms with Gasteiger partial charge in [-0.25, -0.2) is 14.8 Å². The van der Waals surface area contributed by atoms with Gasteiger partial charge in [0.25, 0.3) is 0 Å². The summed E-state index contributed by atoms with van der Waals surface area (Å²) in [7, 11) is 0. The quantitative estimate of drug-likeness (QED) is 0.243. The van der Waals surface area contributed by atoms with Crippen molar-refractivity contribution in [3.8, 4) is 0 Å². The maximum atomic E-state index is 12.1. The predicted octanol–water partition coefficient (Wildman–Crippen LogP) is 6.30. The fourth-order valence-electron chi connectivity index (χ4n) is 2.94. The molecule has 0 fully saturated rings. The lowest BCUT2D eigenvalue weighted by Crippen LogP contribution is -2.27. The number of aromatic nitrogens is 2. The second-order valence-electron chi connectivity index (χ2n) is 8.34. The van der Waals surface area contributed by atoms with E-state index < -0.39 is 11.7 Å². The fraction of sp³-hybridized carbons (Fsp3) is 0.280. The van der Waals surface area contributed by atoms with Crippen molar-refractivity contribution < 1.29 is 9.53 Å². The number of ether oxygens (including phenoxy) is 1. The Balaban J connectivity index is 1.82. The number of benzene rings is 2. The lowest BCUT2D eigenvalue weighted by Gasteiger charge is -2.20. The number of amides is 1. The number of carbonyl (C=O) groups excluding carboxylic acids is 1. The van der Waals surface area contributed by atoms with Crippen LogP contribution in [0.2, 0.25) is 0 Å². The summed E-state index contributed by atoms with van der Waals surface area (Å²) in [5.74, 6) is 0.651. The zero-order chi connectivity index (χ0) is 23.8. The molecule has 0 bridgehead atoms. The highest BCUT2D eigenvalue weighted by Crippen LogP contribution is 2.24. The van der Waals surface area contributed by atoms with Gasteiger partial charge >= 0.3 is 6.09 Å². The third-order valence-electron chi connectivity index (χ3n) is 4.45. The van der Waals surface area contributed by atoms with Crippen LogP contribution in [-0.4, -0.2) is 33.6 Å². The standard InChI is InChI=1S/C25H29N5O2S/c1-17(26-15-18-10-7-6-8-11-18)21-16-27-23(33-5)30-22(21)28-19-12-9-13-20(14-19)29-24(31)32-25(2,3)4/h6-14,16H,15H2,1-5H3,(H,29,31)(H,27,28,30). The molecule has 0 aliphatic rings. The molecule has 0 aliphatic carbocycles. The van der Waals surface area contributed by atoms with Crippen LogP contribution in [0, 0.1) is 0 Å². The normalized spacial score (nSPS) is 11.7. The van der Waals surface area contributed by atoms with Crippen molar-refractivity contribution in [1.82, 2.24) is 9.97 Å². The van der Waals surface area contributed by atoms with E-state index in [1.807, 2.05) is 82.5 Å². The molecule has 3 aromatic rings. The van der Waals surface area contributed by atoms with Crippen LogP contribution >= 0.6 is 11.8 Å². The van der Waals surface area contributed by atoms with Crippen LogP contribution in [0.3, 0.4) is 0 Å². The first kappa shape index (κ1) is 24.3. The molecule has 3 rings (SSSR count). The summed E-state index contributed by atoms with van der Waals surface area (Å²) in [6, 6.07) is 17.5. The first-order chi connectivity index (χ1) is 15.7. The highest BCUT2D eigenvalue weighted by atomic mass is 32.2. The van der Waals surface area contributed by atoms with Gasteiger partial charge in [-0.05, 0) is 57.7 Å². The van der Waals surface area contributed by atoms with Crippen LogP contribution in [0.1, 0.15) is 38.8 Å². The van der Waals surface area contributed by atoms with E-state index in [0.29, 0.717) is 23.2 Å². The van der Waals surface area contributed by atoms with Crippen molar-refractivity contribution in [2.24, 2.45) is 4.99 Å². The van der Waals surface area contributed by atoms with E-state index in [9.17, 15) is 4.79 Å². The molecule has 7 nitrogen and oxygen atoms in total. The molecule has 0 unspecified atom stereocenters. The maximum Gasteiger partial charge on any atom is 0.412 e. The van der Waals surface area contributed by atoms with E-state index in [2.05, 4.69) is 20.6 Å². The van der Waals surface area contributed by atoms with E-state index in [1.165, 1.54) is 11.8 Å². The van der Waals surface area contributed by atoms with Gasteiger partial charge < -0.3 is 10.1 Å². The van der Waals surface area contributed by atoms with Crippen molar-refractivity contribution in [1.29, 1.82) is 0 Å². The number of carbonyl (C=O) groups is 1. The van der Waals surface area contributed by atoms with Crippen LogP contribution in [-0.2, 0) is 11.3 Å². The van der Waals surface area contributed by atoms with E-state index in [1.54, 1.807) is 12.3 Å². The Morgan fingerprint density at radius 3 is 2.52 bits per heavy atom. The van der Waals surface area contributed by atoms with Crippen LogP contribution in [0.5, 0.6) is 0 Å². The van der Waals surface area contributed by atoms with Gasteiger partial charge in [0.2, 0.25) is 0 Å². The van der Waals surface area contributed by atoms with Gasteiger partial charge in [0, 0.05) is 23.3 Å². The summed E-state index contributed by atoms with van der Waals surface area (Å²) in [5.41, 5.74) is 3.59. The number of hydrogen-bond donors (Lipinski definition) is 2. The number of anilines is 3. The van der Waals surface area contributed by atoms with E-state index >= 15 is 0 Å². The van der Waals surface area contributed by atoms with E-state index in [0.717, 1.165) is 22.5 Å². The highest BCUT2D eigenvalue weighted by molar-refractivity contribution is 7.98. The Labute approximate surface area is 199 Å². The number of hydrogen-bond acceptors (Lipinski definition) is 7. The molecule has 1 amide bonds. The summed E-state index contributed by atoms with van der Waals surface area (Å²) < 4.78 is 5.33. The van der Waals surface area contributed by atoms with Gasteiger partial charge in [0.1, 0.15) is 11.4 Å². The van der Waals surface area contributed by atoms with Gasteiger partial charge in [0.05, 0.1) is 12.1 Å². The van der Waals surface area contributed by atoms with Crippen molar-refractivity contribution in [3.05, 3.63) is 71.9 Å². The van der Waals surface area contributed by atoms with E-state index in [-0.39, 0.29) is 0 Å². The molecule has 1 aromatic heterocycles. The Bertz CT molecular complexity index is 1130. The number of rotatable bonds is 7. The molecule has 0 radical (unpaired) electrons. The van der Waals surface area contributed by atoms with Crippen molar-refractivity contribution in [2.45, 2.75) is 45.0 Å². The number of nitrogens with zero attached hydrogens (tertiary/aromatic N) is 3. The third kappa shape index (κ3) is 7.61. The molecule has 2 aromatic carbocycles. The van der Waals surface area contributed by atoms with Gasteiger partial charge in [-0.2, -0.15) is 0 Å². The first-order valence-corrected chi connectivity index (χ1v) is 11.8. The average Bonchev–Trinajstić information content (AvgIpc) is 2.77.